The first-order chi connectivity index (χ1) is 12.4. The first-order valence-corrected chi connectivity index (χ1v) is 8.44. The van der Waals surface area contributed by atoms with Gasteiger partial charge in [-0.15, -0.1) is 0 Å². The predicted octanol–water partition coefficient (Wildman–Crippen LogP) is 2.05. The quantitative estimate of drug-likeness (QED) is 0.584. The highest BCUT2D eigenvalue weighted by Crippen LogP contribution is 2.32. The fourth-order valence-electron chi connectivity index (χ4n) is 2.67. The summed E-state index contributed by atoms with van der Waals surface area (Å²) in [4.78, 5) is 27.4. The van der Waals surface area contributed by atoms with Crippen molar-refractivity contribution in [2.75, 3.05) is 13.2 Å². The highest BCUT2D eigenvalue weighted by Gasteiger charge is 2.24. The molecule has 1 atom stereocenters. The Kier molecular flexibility index (Phi) is 7.11. The molecule has 0 fully saturated rings. The van der Waals surface area contributed by atoms with Gasteiger partial charge in [0.1, 0.15) is 18.2 Å². The number of aliphatic hydroxyl groups excluding tert-OH is 1. The van der Waals surface area contributed by atoms with Crippen molar-refractivity contribution in [1.82, 2.24) is 5.32 Å². The van der Waals surface area contributed by atoms with Gasteiger partial charge in [-0.2, -0.15) is 0 Å². The molecule has 2 rings (SSSR count). The molecule has 1 unspecified atom stereocenters. The molecule has 0 spiro atoms. The Morgan fingerprint density at radius 1 is 1.50 bits per heavy atom. The number of hydrogen-bond donors (Lipinski definition) is 2. The van der Waals surface area contributed by atoms with Gasteiger partial charge in [-0.25, -0.2) is 9.38 Å². The summed E-state index contributed by atoms with van der Waals surface area (Å²) in [5.41, 5.74) is 0.981. The number of carbonyl (C=O) groups is 2. The summed E-state index contributed by atoms with van der Waals surface area (Å²) in [5, 5.41) is 11.5. The number of nitrogens with zero attached hydrogens (tertiary/aromatic N) is 1. The SMILES string of the molecule is C=NC(=O)CC1CC/C(c2cc(F)ccc2OCCO)=C\C(=O)NC1=S. The number of aliphatic hydroxyl groups is 1. The molecular formula is C18H19FN2O4S. The van der Waals surface area contributed by atoms with E-state index >= 15 is 0 Å². The molecule has 0 radical (unpaired) electrons. The lowest BCUT2D eigenvalue weighted by Crippen LogP contribution is -2.35. The van der Waals surface area contributed by atoms with E-state index in [4.69, 9.17) is 22.1 Å². The van der Waals surface area contributed by atoms with E-state index in [2.05, 4.69) is 17.0 Å². The van der Waals surface area contributed by atoms with Gasteiger partial charge >= 0.3 is 0 Å². The first-order valence-electron chi connectivity index (χ1n) is 8.03. The van der Waals surface area contributed by atoms with E-state index in [1.807, 2.05) is 0 Å². The van der Waals surface area contributed by atoms with E-state index in [1.165, 1.54) is 24.3 Å². The molecular weight excluding hydrogens is 359 g/mol. The molecule has 0 saturated carbocycles. The number of hydrogen-bond acceptors (Lipinski definition) is 5. The topological polar surface area (TPSA) is 88.0 Å². The van der Waals surface area contributed by atoms with E-state index < -0.39 is 17.6 Å². The maximum absolute atomic E-state index is 13.7. The van der Waals surface area contributed by atoms with Crippen molar-refractivity contribution in [3.8, 4) is 5.75 Å². The highest BCUT2D eigenvalue weighted by atomic mass is 32.1. The lowest BCUT2D eigenvalue weighted by atomic mass is 9.90. The number of thiocarbonyl (C=S) groups is 1. The Labute approximate surface area is 155 Å². The normalized spacial score (nSPS) is 19.6. The Bertz CT molecular complexity index is 764. The molecule has 138 valence electrons. The molecule has 0 aliphatic carbocycles. The van der Waals surface area contributed by atoms with Crippen molar-refractivity contribution in [1.29, 1.82) is 0 Å². The zero-order valence-electron chi connectivity index (χ0n) is 14.0. The Hall–Kier alpha value is -2.45. The van der Waals surface area contributed by atoms with Crippen LogP contribution in [-0.4, -0.2) is 41.8 Å². The summed E-state index contributed by atoms with van der Waals surface area (Å²) in [5.74, 6) is -1.34. The van der Waals surface area contributed by atoms with Gasteiger partial charge in [-0.3, -0.25) is 9.59 Å². The second-order valence-electron chi connectivity index (χ2n) is 5.73. The molecule has 8 heteroatoms. The van der Waals surface area contributed by atoms with E-state index in [9.17, 15) is 14.0 Å². The van der Waals surface area contributed by atoms with Gasteiger partial charge in [-0.1, -0.05) is 12.2 Å². The Morgan fingerprint density at radius 3 is 2.96 bits per heavy atom. The second-order valence-corrected chi connectivity index (χ2v) is 6.17. The summed E-state index contributed by atoms with van der Waals surface area (Å²) in [6, 6.07) is 3.97. The van der Waals surface area contributed by atoms with Gasteiger partial charge in [0.2, 0.25) is 11.8 Å². The van der Waals surface area contributed by atoms with Crippen molar-refractivity contribution in [2.24, 2.45) is 10.9 Å². The Morgan fingerprint density at radius 2 is 2.27 bits per heavy atom. The number of benzene rings is 1. The maximum Gasteiger partial charge on any atom is 0.249 e. The molecule has 0 bridgehead atoms. The molecule has 1 aromatic rings. The van der Waals surface area contributed by atoms with Gasteiger partial charge in [0, 0.05) is 24.0 Å². The van der Waals surface area contributed by atoms with Crippen LogP contribution >= 0.6 is 12.2 Å². The van der Waals surface area contributed by atoms with Gasteiger partial charge in [0.15, 0.2) is 0 Å². The zero-order chi connectivity index (χ0) is 19.1. The third kappa shape index (κ3) is 5.27. The number of ether oxygens (including phenoxy) is 1. The first kappa shape index (κ1) is 19.9. The van der Waals surface area contributed by atoms with Gasteiger partial charge < -0.3 is 15.2 Å². The van der Waals surface area contributed by atoms with Crippen molar-refractivity contribution in [3.63, 3.8) is 0 Å². The molecule has 2 amide bonds. The number of rotatable bonds is 6. The summed E-state index contributed by atoms with van der Waals surface area (Å²) in [6.45, 7) is 3.06. The summed E-state index contributed by atoms with van der Waals surface area (Å²) >= 11 is 5.19. The lowest BCUT2D eigenvalue weighted by molar-refractivity contribution is -0.118. The van der Waals surface area contributed by atoms with Gasteiger partial charge in [0.25, 0.3) is 0 Å². The van der Waals surface area contributed by atoms with Crippen LogP contribution < -0.4 is 10.1 Å². The largest absolute Gasteiger partial charge is 0.491 e. The minimum Gasteiger partial charge on any atom is -0.491 e. The van der Waals surface area contributed by atoms with E-state index in [0.717, 1.165) is 0 Å². The number of amides is 2. The third-order valence-corrected chi connectivity index (χ3v) is 4.35. The highest BCUT2D eigenvalue weighted by molar-refractivity contribution is 7.80. The molecule has 1 aromatic carbocycles. The molecule has 0 saturated heterocycles. The molecule has 0 aromatic heterocycles. The molecule has 1 aliphatic rings. The standard InChI is InChI=1S/C18H19FN2O4S/c1-20-16(23)9-12-3-2-11(8-17(24)21-18(12)26)14-10-13(19)4-5-15(14)25-7-6-22/h4-5,8,10,12,22H,1-3,6-7,9H2,(H,21,24,26)/b11-8+. The van der Waals surface area contributed by atoms with Crippen LogP contribution in [0.2, 0.25) is 0 Å². The summed E-state index contributed by atoms with van der Waals surface area (Å²) in [7, 11) is 0. The van der Waals surface area contributed by atoms with E-state index in [0.29, 0.717) is 29.7 Å². The number of aliphatic imine (C=N–C) groups is 1. The monoisotopic (exact) mass is 378 g/mol. The second kappa shape index (κ2) is 9.30. The number of carbonyl (C=O) groups excluding carboxylic acids is 2. The average Bonchev–Trinajstić information content (AvgIpc) is 2.61. The van der Waals surface area contributed by atoms with Crippen LogP contribution in [0.1, 0.15) is 24.8 Å². The van der Waals surface area contributed by atoms with Crippen LogP contribution in [0.15, 0.2) is 29.3 Å². The van der Waals surface area contributed by atoms with E-state index in [-0.39, 0.29) is 30.5 Å². The van der Waals surface area contributed by atoms with Crippen LogP contribution in [0.3, 0.4) is 0 Å². The Balaban J connectivity index is 2.32. The van der Waals surface area contributed by atoms with Crippen LogP contribution in [0, 0.1) is 11.7 Å². The molecule has 1 aliphatic heterocycles. The predicted molar refractivity (Wildman–Crippen MR) is 99.6 cm³/mol. The smallest absolute Gasteiger partial charge is 0.249 e. The average molecular weight is 378 g/mol. The number of halogens is 1. The van der Waals surface area contributed by atoms with Crippen molar-refractivity contribution < 1.29 is 23.8 Å². The minimum atomic E-state index is -0.474. The van der Waals surface area contributed by atoms with Crippen LogP contribution in [0.5, 0.6) is 5.75 Å². The van der Waals surface area contributed by atoms with Crippen LogP contribution in [0.25, 0.3) is 5.57 Å². The molecule has 6 nitrogen and oxygen atoms in total. The number of allylic oxidation sites excluding steroid dienone is 1. The van der Waals surface area contributed by atoms with Crippen molar-refractivity contribution in [2.45, 2.75) is 19.3 Å². The molecule has 1 heterocycles. The van der Waals surface area contributed by atoms with E-state index in [1.54, 1.807) is 0 Å². The number of nitrogens with one attached hydrogen (secondary N) is 1. The fourth-order valence-corrected chi connectivity index (χ4v) is 2.97. The molecule has 26 heavy (non-hydrogen) atoms. The van der Waals surface area contributed by atoms with Crippen LogP contribution in [-0.2, 0) is 9.59 Å². The fraction of sp³-hybridized carbons (Fsp3) is 0.333. The summed E-state index contributed by atoms with van der Waals surface area (Å²) < 4.78 is 19.2. The maximum atomic E-state index is 13.7. The summed E-state index contributed by atoms with van der Waals surface area (Å²) in [6.07, 6.45) is 2.26. The van der Waals surface area contributed by atoms with Crippen molar-refractivity contribution >= 4 is 41.3 Å². The van der Waals surface area contributed by atoms with Gasteiger partial charge in [0.05, 0.1) is 11.6 Å². The third-order valence-electron chi connectivity index (χ3n) is 3.92. The van der Waals surface area contributed by atoms with Gasteiger partial charge in [-0.05, 0) is 43.3 Å². The van der Waals surface area contributed by atoms with Crippen LogP contribution in [0.4, 0.5) is 4.39 Å². The lowest BCUT2D eigenvalue weighted by Gasteiger charge is -2.22. The molecule has 2 N–H and O–H groups in total. The zero-order valence-corrected chi connectivity index (χ0v) is 14.9. The van der Waals surface area contributed by atoms with Crippen molar-refractivity contribution in [3.05, 3.63) is 35.7 Å². The minimum absolute atomic E-state index is 0.0460.